The van der Waals surface area contributed by atoms with Gasteiger partial charge >= 0.3 is 5.97 Å². The maximum absolute atomic E-state index is 9.91. The first-order chi connectivity index (χ1) is 4.13. The predicted molar refractivity (Wildman–Crippen MR) is 34.8 cm³/mol. The lowest BCUT2D eigenvalue weighted by Gasteiger charge is -1.94. The van der Waals surface area contributed by atoms with Crippen LogP contribution in [0.4, 0.5) is 0 Å². The van der Waals surface area contributed by atoms with E-state index in [1.54, 1.807) is 0 Å². The summed E-state index contributed by atoms with van der Waals surface area (Å²) >= 11 is 0. The number of allylic oxidation sites excluding steroid dienone is 1. The molecule has 0 bridgehead atoms. The number of hydrogen-bond donors (Lipinski definition) is 2. The predicted octanol–water partition coefficient (Wildman–Crippen LogP) is 0.714. The van der Waals surface area contributed by atoms with Crippen LogP contribution in [-0.2, 0) is 4.79 Å². The molecule has 0 saturated carbocycles. The molecule has 0 rings (SSSR count). The third kappa shape index (κ3) is 7.01. The first-order valence-electron chi connectivity index (χ1n) is 2.78. The molecular formula is C6H11NO2. The molecule has 0 aliphatic heterocycles. The van der Waals surface area contributed by atoms with Gasteiger partial charge in [-0.25, -0.2) is 0 Å². The van der Waals surface area contributed by atoms with Crippen LogP contribution in [0.2, 0.25) is 0 Å². The maximum Gasteiger partial charge on any atom is 0.303 e. The first-order valence-corrected chi connectivity index (χ1v) is 2.78. The van der Waals surface area contributed by atoms with E-state index < -0.39 is 5.97 Å². The molecule has 0 fully saturated rings. The largest absolute Gasteiger partial charge is 0.481 e. The highest BCUT2D eigenvalue weighted by Crippen LogP contribution is 1.98. The van der Waals surface area contributed by atoms with Crippen molar-refractivity contribution in [3.05, 3.63) is 12.3 Å². The fourth-order valence-electron chi connectivity index (χ4n) is 0.467. The van der Waals surface area contributed by atoms with Gasteiger partial charge in [0.15, 0.2) is 0 Å². The highest BCUT2D eigenvalue weighted by Gasteiger charge is 1.95. The van der Waals surface area contributed by atoms with Gasteiger partial charge < -0.3 is 10.8 Å². The van der Waals surface area contributed by atoms with Crippen LogP contribution < -0.4 is 5.73 Å². The lowest BCUT2D eigenvalue weighted by Crippen LogP contribution is -1.98. The molecule has 0 aliphatic rings. The molecule has 52 valence electrons. The molecule has 0 amide bonds. The van der Waals surface area contributed by atoms with Crippen molar-refractivity contribution >= 4 is 5.97 Å². The van der Waals surface area contributed by atoms with Crippen LogP contribution in [0.25, 0.3) is 0 Å². The number of hydrogen-bond acceptors (Lipinski definition) is 2. The summed E-state index contributed by atoms with van der Waals surface area (Å²) in [7, 11) is 0. The normalized spacial score (nSPS) is 8.89. The molecule has 0 aliphatic carbocycles. The van der Waals surface area contributed by atoms with Crippen LogP contribution in [0.3, 0.4) is 0 Å². The van der Waals surface area contributed by atoms with Crippen LogP contribution in [-0.4, -0.2) is 11.1 Å². The summed E-state index contributed by atoms with van der Waals surface area (Å²) < 4.78 is 0. The molecule has 0 radical (unpaired) electrons. The maximum atomic E-state index is 9.91. The molecule has 3 heteroatoms. The van der Waals surface area contributed by atoms with Crippen molar-refractivity contribution in [2.75, 3.05) is 0 Å². The number of nitrogens with two attached hydrogens (primary N) is 1. The van der Waals surface area contributed by atoms with E-state index in [4.69, 9.17) is 10.8 Å². The average Bonchev–Trinajstić information content (AvgIpc) is 1.63. The van der Waals surface area contributed by atoms with Gasteiger partial charge in [-0.1, -0.05) is 6.58 Å². The van der Waals surface area contributed by atoms with Gasteiger partial charge in [0.25, 0.3) is 0 Å². The second-order valence-electron chi connectivity index (χ2n) is 1.91. The van der Waals surface area contributed by atoms with E-state index in [9.17, 15) is 4.79 Å². The van der Waals surface area contributed by atoms with Crippen molar-refractivity contribution in [2.45, 2.75) is 19.3 Å². The van der Waals surface area contributed by atoms with Crippen molar-refractivity contribution < 1.29 is 9.90 Å². The van der Waals surface area contributed by atoms with Gasteiger partial charge in [-0.3, -0.25) is 4.79 Å². The molecule has 3 N–H and O–H groups in total. The molecule has 9 heavy (non-hydrogen) atoms. The molecule has 0 aromatic rings. The van der Waals surface area contributed by atoms with Gasteiger partial charge in [-0.05, 0) is 12.8 Å². The minimum atomic E-state index is -0.781. The van der Waals surface area contributed by atoms with Crippen LogP contribution in [0.15, 0.2) is 12.3 Å². The lowest BCUT2D eigenvalue weighted by atomic mass is 10.2. The minimum absolute atomic E-state index is 0.177. The number of carbonyl (C=O) groups is 1. The zero-order valence-electron chi connectivity index (χ0n) is 5.26. The molecule has 3 nitrogen and oxygen atoms in total. The fraction of sp³-hybridized carbons (Fsp3) is 0.500. The molecular weight excluding hydrogens is 118 g/mol. The molecule has 0 aromatic carbocycles. The number of rotatable bonds is 4. The summed E-state index contributed by atoms with van der Waals surface area (Å²) in [4.78, 5) is 9.91. The topological polar surface area (TPSA) is 63.3 Å². The summed E-state index contributed by atoms with van der Waals surface area (Å²) in [6.45, 7) is 3.44. The summed E-state index contributed by atoms with van der Waals surface area (Å²) in [5.74, 6) is -0.781. The molecule has 0 atom stereocenters. The highest BCUT2D eigenvalue weighted by molar-refractivity contribution is 5.66. The Bertz CT molecular complexity index is 106. The van der Waals surface area contributed by atoms with E-state index in [2.05, 4.69) is 6.58 Å². The summed E-state index contributed by atoms with van der Waals surface area (Å²) in [5, 5.41) is 8.16. The standard InChI is InChI=1S/C6H11NO2/c1-5(7)3-2-4-6(8)9/h1-4,7H2,(H,8,9). The summed E-state index contributed by atoms with van der Waals surface area (Å²) in [6.07, 6.45) is 1.37. The van der Waals surface area contributed by atoms with Crippen molar-refractivity contribution in [1.82, 2.24) is 0 Å². The van der Waals surface area contributed by atoms with Gasteiger partial charge in [0.05, 0.1) is 0 Å². The minimum Gasteiger partial charge on any atom is -0.481 e. The van der Waals surface area contributed by atoms with E-state index in [0.29, 0.717) is 18.5 Å². The van der Waals surface area contributed by atoms with Crippen LogP contribution >= 0.6 is 0 Å². The van der Waals surface area contributed by atoms with Crippen LogP contribution in [0, 0.1) is 0 Å². The van der Waals surface area contributed by atoms with Gasteiger partial charge in [-0.2, -0.15) is 0 Å². The molecule has 0 unspecified atom stereocenters. The van der Waals surface area contributed by atoms with E-state index in [1.165, 1.54) is 0 Å². The quantitative estimate of drug-likeness (QED) is 0.587. The van der Waals surface area contributed by atoms with Gasteiger partial charge in [-0.15, -0.1) is 0 Å². The SMILES string of the molecule is C=C(N)CCCC(=O)O. The Morgan fingerprint density at radius 1 is 1.56 bits per heavy atom. The Hall–Kier alpha value is -0.990. The Morgan fingerprint density at radius 3 is 2.44 bits per heavy atom. The Balaban J connectivity index is 3.10. The van der Waals surface area contributed by atoms with E-state index in [1.807, 2.05) is 0 Å². The van der Waals surface area contributed by atoms with Crippen molar-refractivity contribution in [1.29, 1.82) is 0 Å². The monoisotopic (exact) mass is 129 g/mol. The van der Waals surface area contributed by atoms with E-state index in [0.717, 1.165) is 0 Å². The van der Waals surface area contributed by atoms with Gasteiger partial charge in [0.1, 0.15) is 0 Å². The fourth-order valence-corrected chi connectivity index (χ4v) is 0.467. The number of carboxylic acids is 1. The molecule has 0 heterocycles. The summed E-state index contributed by atoms with van der Waals surface area (Å²) in [6, 6.07) is 0. The number of carboxylic acid groups (broad SMARTS) is 1. The van der Waals surface area contributed by atoms with E-state index >= 15 is 0 Å². The zero-order valence-corrected chi connectivity index (χ0v) is 5.26. The van der Waals surface area contributed by atoms with Crippen molar-refractivity contribution in [3.63, 3.8) is 0 Å². The van der Waals surface area contributed by atoms with E-state index in [-0.39, 0.29) is 6.42 Å². The zero-order chi connectivity index (χ0) is 7.28. The molecule has 0 spiro atoms. The van der Waals surface area contributed by atoms with Crippen molar-refractivity contribution in [2.24, 2.45) is 5.73 Å². The van der Waals surface area contributed by atoms with Gasteiger partial charge in [0.2, 0.25) is 0 Å². The Labute approximate surface area is 54.2 Å². The lowest BCUT2D eigenvalue weighted by molar-refractivity contribution is -0.137. The van der Waals surface area contributed by atoms with Crippen LogP contribution in [0.1, 0.15) is 19.3 Å². The third-order valence-electron chi connectivity index (χ3n) is 0.889. The second-order valence-corrected chi connectivity index (χ2v) is 1.91. The van der Waals surface area contributed by atoms with Crippen LogP contribution in [0.5, 0.6) is 0 Å². The Morgan fingerprint density at radius 2 is 2.11 bits per heavy atom. The highest BCUT2D eigenvalue weighted by atomic mass is 16.4. The summed E-state index contributed by atoms with van der Waals surface area (Å²) in [5.41, 5.74) is 5.74. The average molecular weight is 129 g/mol. The van der Waals surface area contributed by atoms with Crippen molar-refractivity contribution in [3.8, 4) is 0 Å². The third-order valence-corrected chi connectivity index (χ3v) is 0.889. The number of aliphatic carboxylic acids is 1. The molecule has 0 aromatic heterocycles. The first kappa shape index (κ1) is 8.01. The molecule has 0 saturated heterocycles. The second kappa shape index (κ2) is 3.95. The smallest absolute Gasteiger partial charge is 0.303 e. The Kier molecular flexibility index (Phi) is 3.51. The van der Waals surface area contributed by atoms with Gasteiger partial charge in [0, 0.05) is 12.1 Å².